The van der Waals surface area contributed by atoms with Gasteiger partial charge >= 0.3 is 6.09 Å². The third kappa shape index (κ3) is 6.22. The molecule has 1 aromatic heterocycles. The van der Waals surface area contributed by atoms with E-state index in [-0.39, 0.29) is 16.9 Å². The van der Waals surface area contributed by atoms with Crippen molar-refractivity contribution < 1.29 is 18.7 Å². The molecule has 2 aliphatic rings. The Morgan fingerprint density at radius 3 is 2.31 bits per heavy atom. The first-order valence-electron chi connectivity index (χ1n) is 14.2. The number of piperazine rings is 1. The first-order chi connectivity index (χ1) is 19.9. The van der Waals surface area contributed by atoms with Gasteiger partial charge in [-0.15, -0.1) is 0 Å². The maximum absolute atomic E-state index is 15.5. The van der Waals surface area contributed by atoms with Gasteiger partial charge in [0.05, 0.1) is 17.2 Å². The van der Waals surface area contributed by atoms with Crippen LogP contribution in [0.1, 0.15) is 62.5 Å². The monoisotopic (exact) mass is 616 g/mol. The van der Waals surface area contributed by atoms with Crippen LogP contribution in [-0.2, 0) is 11.3 Å². The summed E-state index contributed by atoms with van der Waals surface area (Å²) in [5, 5.41) is 4.01. The lowest BCUT2D eigenvalue weighted by molar-refractivity contribution is 0.0240. The molecule has 8 nitrogen and oxygen atoms in total. The number of pyridine rings is 1. The number of fused-ring (bicyclic) bond motifs is 1. The summed E-state index contributed by atoms with van der Waals surface area (Å²) in [6.07, 6.45) is 2.94. The summed E-state index contributed by atoms with van der Waals surface area (Å²) >= 11 is 12.9. The van der Waals surface area contributed by atoms with Gasteiger partial charge in [0.15, 0.2) is 0 Å². The Labute approximate surface area is 254 Å². The highest BCUT2D eigenvalue weighted by atomic mass is 35.5. The van der Waals surface area contributed by atoms with Crippen molar-refractivity contribution in [3.63, 3.8) is 0 Å². The van der Waals surface area contributed by atoms with E-state index in [1.807, 2.05) is 32.6 Å². The first kappa shape index (κ1) is 30.2. The summed E-state index contributed by atoms with van der Waals surface area (Å²) in [6, 6.07) is 7.61. The minimum Gasteiger partial charge on any atom is -0.444 e. The number of nitrogens with one attached hydrogen (secondary N) is 1. The van der Waals surface area contributed by atoms with E-state index in [4.69, 9.17) is 27.9 Å². The van der Waals surface area contributed by atoms with Gasteiger partial charge in [0, 0.05) is 59.9 Å². The number of aryl methyl sites for hydroxylation is 1. The van der Waals surface area contributed by atoms with E-state index in [0.29, 0.717) is 59.5 Å². The van der Waals surface area contributed by atoms with Crippen LogP contribution in [0.3, 0.4) is 0 Å². The molecule has 3 aromatic rings. The third-order valence-electron chi connectivity index (χ3n) is 7.70. The van der Waals surface area contributed by atoms with Gasteiger partial charge in [-0.2, -0.15) is 0 Å². The highest BCUT2D eigenvalue weighted by Gasteiger charge is 2.36. The molecule has 1 atom stereocenters. The SMILES string of the molecule is CCn1cc(C(=O)NC(c2c(Cl)cccc2Cl)C2CC2)c(=O)c2cc(F)c(N3CCN(C(=O)OC(C)(C)C)CC3)cc21. The predicted molar refractivity (Wildman–Crippen MR) is 163 cm³/mol. The Balaban J connectivity index is 1.42. The molecular weight excluding hydrogens is 582 g/mol. The van der Waals surface area contributed by atoms with Gasteiger partial charge in [-0.3, -0.25) is 9.59 Å². The lowest BCUT2D eigenvalue weighted by atomic mass is 10.0. The van der Waals surface area contributed by atoms with Gasteiger partial charge in [0.25, 0.3) is 5.91 Å². The van der Waals surface area contributed by atoms with E-state index in [1.54, 1.807) is 33.7 Å². The van der Waals surface area contributed by atoms with Crippen molar-refractivity contribution in [2.75, 3.05) is 31.1 Å². The van der Waals surface area contributed by atoms with Gasteiger partial charge in [-0.1, -0.05) is 29.3 Å². The van der Waals surface area contributed by atoms with E-state index in [1.165, 1.54) is 12.3 Å². The van der Waals surface area contributed by atoms with Crippen LogP contribution in [0, 0.1) is 11.7 Å². The van der Waals surface area contributed by atoms with Crippen molar-refractivity contribution in [3.8, 4) is 0 Å². The topological polar surface area (TPSA) is 83.9 Å². The summed E-state index contributed by atoms with van der Waals surface area (Å²) in [6.45, 7) is 9.36. The number of rotatable bonds is 6. The number of ether oxygens (including phenoxy) is 1. The van der Waals surface area contributed by atoms with Crippen LogP contribution in [0.4, 0.5) is 14.9 Å². The molecule has 5 rings (SSSR count). The maximum Gasteiger partial charge on any atom is 0.410 e. The molecule has 0 spiro atoms. The van der Waals surface area contributed by atoms with E-state index in [0.717, 1.165) is 12.8 Å². The van der Waals surface area contributed by atoms with Crippen molar-refractivity contribution in [1.29, 1.82) is 0 Å². The van der Waals surface area contributed by atoms with Crippen LogP contribution in [-0.4, -0.2) is 53.2 Å². The molecule has 2 aromatic carbocycles. The number of benzene rings is 2. The van der Waals surface area contributed by atoms with E-state index in [9.17, 15) is 14.4 Å². The van der Waals surface area contributed by atoms with Crippen molar-refractivity contribution >= 4 is 51.8 Å². The molecule has 2 fully saturated rings. The number of aromatic nitrogens is 1. The Morgan fingerprint density at radius 2 is 1.74 bits per heavy atom. The molecule has 0 radical (unpaired) electrons. The molecule has 1 aliphatic carbocycles. The summed E-state index contributed by atoms with van der Waals surface area (Å²) < 4.78 is 22.8. The molecule has 1 saturated carbocycles. The number of hydrogen-bond donors (Lipinski definition) is 1. The molecule has 0 bridgehead atoms. The lowest BCUT2D eigenvalue weighted by Crippen LogP contribution is -2.50. The lowest BCUT2D eigenvalue weighted by Gasteiger charge is -2.37. The third-order valence-corrected chi connectivity index (χ3v) is 8.36. The fourth-order valence-corrected chi connectivity index (χ4v) is 6.04. The number of carbonyl (C=O) groups excluding carboxylic acids is 2. The zero-order valence-electron chi connectivity index (χ0n) is 24.2. The summed E-state index contributed by atoms with van der Waals surface area (Å²) in [7, 11) is 0. The van der Waals surface area contributed by atoms with E-state index in [2.05, 4.69) is 5.32 Å². The van der Waals surface area contributed by atoms with Crippen LogP contribution >= 0.6 is 23.2 Å². The summed E-state index contributed by atoms with van der Waals surface area (Å²) in [5.74, 6) is -0.958. The number of amides is 2. The summed E-state index contributed by atoms with van der Waals surface area (Å²) in [4.78, 5) is 43.0. The largest absolute Gasteiger partial charge is 0.444 e. The number of nitrogens with zero attached hydrogens (tertiary/aromatic N) is 3. The Hall–Kier alpha value is -3.30. The molecule has 224 valence electrons. The molecule has 2 heterocycles. The van der Waals surface area contributed by atoms with Crippen LogP contribution in [0.5, 0.6) is 0 Å². The molecule has 1 N–H and O–H groups in total. The number of hydrogen-bond acceptors (Lipinski definition) is 5. The fraction of sp³-hybridized carbons (Fsp3) is 0.452. The molecular formula is C31H35Cl2FN4O4. The second-order valence-electron chi connectivity index (χ2n) is 11.9. The average molecular weight is 618 g/mol. The van der Waals surface area contributed by atoms with Crippen LogP contribution in [0.25, 0.3) is 10.9 Å². The number of anilines is 1. The van der Waals surface area contributed by atoms with Crippen LogP contribution < -0.4 is 15.6 Å². The normalized spacial score (nSPS) is 16.5. The van der Waals surface area contributed by atoms with Gasteiger partial charge in [0.2, 0.25) is 5.43 Å². The van der Waals surface area contributed by atoms with Crippen LogP contribution in [0.2, 0.25) is 10.0 Å². The molecule has 42 heavy (non-hydrogen) atoms. The average Bonchev–Trinajstić information content (AvgIpc) is 3.77. The van der Waals surface area contributed by atoms with E-state index >= 15 is 4.39 Å². The van der Waals surface area contributed by atoms with Crippen molar-refractivity contribution in [2.24, 2.45) is 5.92 Å². The van der Waals surface area contributed by atoms with E-state index < -0.39 is 34.9 Å². The van der Waals surface area contributed by atoms with Crippen molar-refractivity contribution in [3.05, 3.63) is 73.7 Å². The Morgan fingerprint density at radius 1 is 1.10 bits per heavy atom. The van der Waals surface area contributed by atoms with Gasteiger partial charge < -0.3 is 24.4 Å². The number of halogens is 3. The van der Waals surface area contributed by atoms with Crippen molar-refractivity contribution in [1.82, 2.24) is 14.8 Å². The smallest absolute Gasteiger partial charge is 0.410 e. The molecule has 1 aliphatic heterocycles. The predicted octanol–water partition coefficient (Wildman–Crippen LogP) is 6.41. The molecule has 11 heteroatoms. The van der Waals surface area contributed by atoms with Gasteiger partial charge in [0.1, 0.15) is 17.0 Å². The fourth-order valence-electron chi connectivity index (χ4n) is 5.40. The van der Waals surface area contributed by atoms with Crippen LogP contribution in [0.15, 0.2) is 41.3 Å². The molecule has 2 amide bonds. The Bertz CT molecular complexity index is 1570. The first-order valence-corrected chi connectivity index (χ1v) is 15.0. The highest BCUT2D eigenvalue weighted by Crippen LogP contribution is 2.45. The minimum absolute atomic E-state index is 0.0729. The number of carbonyl (C=O) groups is 2. The van der Waals surface area contributed by atoms with Gasteiger partial charge in [-0.05, 0) is 70.7 Å². The van der Waals surface area contributed by atoms with Crippen molar-refractivity contribution in [2.45, 2.75) is 58.7 Å². The standard InChI is InChI=1S/C31H35Cl2FN4O4/c1-5-36-17-20(29(40)35-27(18-9-10-18)26-21(32)7-6-8-22(26)33)28(39)19-15-23(34)25(16-24(19)36)37-11-13-38(14-12-37)30(41)42-31(2,3)4/h6-8,15-18,27H,5,9-14H2,1-4H3,(H,35,40). The quantitative estimate of drug-likeness (QED) is 0.346. The highest BCUT2D eigenvalue weighted by molar-refractivity contribution is 6.36. The second kappa shape index (κ2) is 11.8. The molecule has 1 unspecified atom stereocenters. The second-order valence-corrected chi connectivity index (χ2v) is 12.7. The maximum atomic E-state index is 15.5. The minimum atomic E-state index is -0.599. The zero-order chi connectivity index (χ0) is 30.3. The van der Waals surface area contributed by atoms with Gasteiger partial charge in [-0.25, -0.2) is 9.18 Å². The molecule has 1 saturated heterocycles. The zero-order valence-corrected chi connectivity index (χ0v) is 25.7. The Kier molecular flexibility index (Phi) is 8.45. The summed E-state index contributed by atoms with van der Waals surface area (Å²) in [5.41, 5.74) is 0.281.